The van der Waals surface area contributed by atoms with E-state index in [2.05, 4.69) is 19.9 Å². The van der Waals surface area contributed by atoms with Crippen molar-refractivity contribution in [3.63, 3.8) is 0 Å². The smallest absolute Gasteiger partial charge is 0.262 e. The van der Waals surface area contributed by atoms with Gasteiger partial charge in [0, 0.05) is 21.7 Å². The molecule has 0 saturated heterocycles. The number of fused-ring (bicyclic) bond motifs is 1. The van der Waals surface area contributed by atoms with E-state index in [0.717, 1.165) is 22.2 Å². The van der Waals surface area contributed by atoms with Crippen molar-refractivity contribution in [2.45, 2.75) is 20.8 Å². The van der Waals surface area contributed by atoms with Crippen molar-refractivity contribution < 1.29 is 4.79 Å². The minimum Gasteiger partial charge on any atom is -0.280 e. The van der Waals surface area contributed by atoms with Crippen molar-refractivity contribution in [1.29, 1.82) is 0 Å². The maximum atomic E-state index is 12.8. The highest BCUT2D eigenvalue weighted by Crippen LogP contribution is 2.27. The molecule has 2 nitrogen and oxygen atoms in total. The van der Waals surface area contributed by atoms with Crippen LogP contribution in [0.2, 0.25) is 5.02 Å². The molecule has 0 atom stereocenters. The third kappa shape index (κ3) is 2.26. The minimum absolute atomic E-state index is 0.0221. The molecule has 21 heavy (non-hydrogen) atoms. The van der Waals surface area contributed by atoms with E-state index in [-0.39, 0.29) is 5.91 Å². The number of hydrogen-bond donors (Lipinski definition) is 0. The number of benzene rings is 2. The van der Waals surface area contributed by atoms with Crippen LogP contribution >= 0.6 is 11.6 Å². The van der Waals surface area contributed by atoms with Gasteiger partial charge in [-0.05, 0) is 62.7 Å². The summed E-state index contributed by atoms with van der Waals surface area (Å²) >= 11 is 5.89. The quantitative estimate of drug-likeness (QED) is 0.625. The van der Waals surface area contributed by atoms with Crippen LogP contribution in [0.15, 0.2) is 42.5 Å². The van der Waals surface area contributed by atoms with E-state index >= 15 is 0 Å². The van der Waals surface area contributed by atoms with Crippen LogP contribution in [0, 0.1) is 20.8 Å². The third-order valence-corrected chi connectivity index (χ3v) is 4.22. The van der Waals surface area contributed by atoms with E-state index in [1.807, 2.05) is 19.1 Å². The van der Waals surface area contributed by atoms with E-state index in [1.165, 1.54) is 5.56 Å². The van der Waals surface area contributed by atoms with Crippen molar-refractivity contribution in [1.82, 2.24) is 4.57 Å². The Balaban J connectivity index is 2.22. The SMILES string of the molecule is Cc1ccc2c(c1)c(C)c(C)n2C(=O)c1ccc(Cl)cc1. The standard InChI is InChI=1S/C18H16ClNO/c1-11-4-9-17-16(10-11)12(2)13(3)20(17)18(21)14-5-7-15(19)8-6-14/h4-10H,1-3H3. The highest BCUT2D eigenvalue weighted by molar-refractivity contribution is 6.30. The molecule has 106 valence electrons. The fourth-order valence-corrected chi connectivity index (χ4v) is 2.80. The van der Waals surface area contributed by atoms with Crippen LogP contribution in [0.25, 0.3) is 10.9 Å². The van der Waals surface area contributed by atoms with E-state index in [1.54, 1.807) is 28.8 Å². The monoisotopic (exact) mass is 297 g/mol. The molecule has 2 aromatic carbocycles. The van der Waals surface area contributed by atoms with Crippen molar-refractivity contribution >= 4 is 28.4 Å². The summed E-state index contributed by atoms with van der Waals surface area (Å²) in [4.78, 5) is 12.8. The van der Waals surface area contributed by atoms with Crippen LogP contribution < -0.4 is 0 Å². The molecule has 0 amide bonds. The normalized spacial score (nSPS) is 11.0. The summed E-state index contributed by atoms with van der Waals surface area (Å²) in [6.45, 7) is 6.10. The Morgan fingerprint density at radius 1 is 1.00 bits per heavy atom. The maximum absolute atomic E-state index is 12.8. The van der Waals surface area contributed by atoms with Crippen LogP contribution in [0.5, 0.6) is 0 Å². The second kappa shape index (κ2) is 5.05. The summed E-state index contributed by atoms with van der Waals surface area (Å²) in [5.41, 5.74) is 4.92. The van der Waals surface area contributed by atoms with Gasteiger partial charge in [-0.25, -0.2) is 0 Å². The molecule has 3 aromatic rings. The summed E-state index contributed by atoms with van der Waals surface area (Å²) in [7, 11) is 0. The van der Waals surface area contributed by atoms with Gasteiger partial charge in [0.15, 0.2) is 0 Å². The van der Waals surface area contributed by atoms with E-state index in [0.29, 0.717) is 10.6 Å². The molecular formula is C18H16ClNO. The number of carbonyl (C=O) groups is 1. The van der Waals surface area contributed by atoms with Gasteiger partial charge < -0.3 is 0 Å². The molecule has 0 bridgehead atoms. The molecule has 0 aliphatic carbocycles. The second-order valence-electron chi connectivity index (χ2n) is 5.38. The average Bonchev–Trinajstić information content (AvgIpc) is 2.71. The summed E-state index contributed by atoms with van der Waals surface area (Å²) < 4.78 is 1.79. The lowest BCUT2D eigenvalue weighted by molar-refractivity contribution is 0.0963. The van der Waals surface area contributed by atoms with Crippen LogP contribution in [-0.4, -0.2) is 10.5 Å². The lowest BCUT2D eigenvalue weighted by atomic mass is 10.1. The number of rotatable bonds is 1. The van der Waals surface area contributed by atoms with Gasteiger partial charge in [-0.15, -0.1) is 0 Å². The zero-order chi connectivity index (χ0) is 15.1. The highest BCUT2D eigenvalue weighted by Gasteiger charge is 2.17. The van der Waals surface area contributed by atoms with E-state index < -0.39 is 0 Å². The van der Waals surface area contributed by atoms with Gasteiger partial charge in [-0.3, -0.25) is 9.36 Å². The first-order chi connectivity index (χ1) is 9.99. The first-order valence-electron chi connectivity index (χ1n) is 6.87. The van der Waals surface area contributed by atoms with Crippen molar-refractivity contribution in [2.24, 2.45) is 0 Å². The molecule has 1 aromatic heterocycles. The molecule has 0 saturated carbocycles. The van der Waals surface area contributed by atoms with Crippen molar-refractivity contribution in [3.05, 3.63) is 69.9 Å². The number of nitrogens with zero attached hydrogens (tertiary/aromatic N) is 1. The topological polar surface area (TPSA) is 22.0 Å². The molecule has 0 spiro atoms. The van der Waals surface area contributed by atoms with Gasteiger partial charge in [0.2, 0.25) is 0 Å². The van der Waals surface area contributed by atoms with Gasteiger partial charge in [0.05, 0.1) is 5.52 Å². The summed E-state index contributed by atoms with van der Waals surface area (Å²) in [5, 5.41) is 1.77. The number of aryl methyl sites for hydroxylation is 2. The number of hydrogen-bond acceptors (Lipinski definition) is 1. The van der Waals surface area contributed by atoms with Gasteiger partial charge in [0.1, 0.15) is 0 Å². The molecule has 0 unspecified atom stereocenters. The van der Waals surface area contributed by atoms with E-state index in [9.17, 15) is 4.79 Å². The van der Waals surface area contributed by atoms with E-state index in [4.69, 9.17) is 11.6 Å². The molecule has 0 aliphatic heterocycles. The first kappa shape index (κ1) is 13.9. The Morgan fingerprint density at radius 3 is 2.33 bits per heavy atom. The zero-order valence-corrected chi connectivity index (χ0v) is 13.0. The molecule has 3 heteroatoms. The van der Waals surface area contributed by atoms with Crippen molar-refractivity contribution in [3.8, 4) is 0 Å². The summed E-state index contributed by atoms with van der Waals surface area (Å²) in [6.07, 6.45) is 0. The Labute approximate surface area is 129 Å². The molecule has 3 rings (SSSR count). The highest BCUT2D eigenvalue weighted by atomic mass is 35.5. The number of halogens is 1. The Hall–Kier alpha value is -2.06. The average molecular weight is 298 g/mol. The summed E-state index contributed by atoms with van der Waals surface area (Å²) in [6, 6.07) is 13.2. The molecule has 0 N–H and O–H groups in total. The van der Waals surface area contributed by atoms with Crippen LogP contribution in [0.1, 0.15) is 27.2 Å². The number of carbonyl (C=O) groups excluding carboxylic acids is 1. The van der Waals surface area contributed by atoms with Gasteiger partial charge in [-0.1, -0.05) is 23.2 Å². The largest absolute Gasteiger partial charge is 0.280 e. The Kier molecular flexibility index (Phi) is 3.34. The van der Waals surface area contributed by atoms with Gasteiger partial charge in [-0.2, -0.15) is 0 Å². The van der Waals surface area contributed by atoms with Crippen LogP contribution in [0.3, 0.4) is 0 Å². The maximum Gasteiger partial charge on any atom is 0.262 e. The molecular weight excluding hydrogens is 282 g/mol. The summed E-state index contributed by atoms with van der Waals surface area (Å²) in [5.74, 6) is -0.0221. The molecule has 0 aliphatic rings. The molecule has 0 radical (unpaired) electrons. The van der Waals surface area contributed by atoms with Crippen LogP contribution in [0.4, 0.5) is 0 Å². The van der Waals surface area contributed by atoms with Crippen LogP contribution in [-0.2, 0) is 0 Å². The number of aromatic nitrogens is 1. The first-order valence-corrected chi connectivity index (χ1v) is 7.25. The van der Waals surface area contributed by atoms with Gasteiger partial charge in [0.25, 0.3) is 5.91 Å². The fourth-order valence-electron chi connectivity index (χ4n) is 2.67. The zero-order valence-electron chi connectivity index (χ0n) is 12.3. The Bertz CT molecular complexity index is 844. The molecule has 0 fully saturated rings. The second-order valence-corrected chi connectivity index (χ2v) is 5.81. The third-order valence-electron chi connectivity index (χ3n) is 3.97. The van der Waals surface area contributed by atoms with Crippen molar-refractivity contribution in [2.75, 3.05) is 0 Å². The molecule has 1 heterocycles. The fraction of sp³-hybridized carbons (Fsp3) is 0.167. The lowest BCUT2D eigenvalue weighted by Gasteiger charge is -2.07. The minimum atomic E-state index is -0.0221. The predicted molar refractivity (Wildman–Crippen MR) is 87.3 cm³/mol. The Morgan fingerprint density at radius 2 is 1.67 bits per heavy atom. The van der Waals surface area contributed by atoms with Gasteiger partial charge >= 0.3 is 0 Å². The lowest BCUT2D eigenvalue weighted by Crippen LogP contribution is -2.13. The predicted octanol–water partition coefficient (Wildman–Crippen LogP) is 4.91.